The van der Waals surface area contributed by atoms with E-state index >= 15 is 0 Å². The number of hydrogen-bond acceptors (Lipinski definition) is 4. The molecule has 0 bridgehead atoms. The van der Waals surface area contributed by atoms with Crippen LogP contribution in [-0.2, 0) is 29.2 Å². The predicted octanol–water partition coefficient (Wildman–Crippen LogP) is 1.91. The molecule has 4 rings (SSSR count). The van der Waals surface area contributed by atoms with Crippen molar-refractivity contribution in [2.45, 2.75) is 71.0 Å². The van der Waals surface area contributed by atoms with Crippen LogP contribution in [0.1, 0.15) is 62.8 Å². The highest BCUT2D eigenvalue weighted by Gasteiger charge is 2.30. The molecule has 2 aliphatic heterocycles. The summed E-state index contributed by atoms with van der Waals surface area (Å²) in [4.78, 5) is 29.2. The molecule has 1 aromatic rings. The van der Waals surface area contributed by atoms with E-state index in [1.807, 2.05) is 9.58 Å². The maximum Gasteiger partial charge on any atom is 0.234 e. The Balaban J connectivity index is 1.29. The van der Waals surface area contributed by atoms with Crippen molar-refractivity contribution in [1.82, 2.24) is 24.9 Å². The van der Waals surface area contributed by atoms with E-state index in [0.29, 0.717) is 25.5 Å². The summed E-state index contributed by atoms with van der Waals surface area (Å²) < 4.78 is 2.02. The smallest absolute Gasteiger partial charge is 0.234 e. The molecular formula is C21H33N5O2. The van der Waals surface area contributed by atoms with Gasteiger partial charge in [0, 0.05) is 19.0 Å². The van der Waals surface area contributed by atoms with Crippen LogP contribution in [0, 0.1) is 5.92 Å². The van der Waals surface area contributed by atoms with E-state index in [9.17, 15) is 9.59 Å². The molecule has 7 nitrogen and oxygen atoms in total. The number of hydrogen-bond donors (Lipinski definition) is 1. The molecule has 3 heterocycles. The average Bonchev–Trinajstić information content (AvgIpc) is 2.80. The summed E-state index contributed by atoms with van der Waals surface area (Å²) in [5.74, 6) is 0.632. The summed E-state index contributed by atoms with van der Waals surface area (Å²) in [5, 5.41) is 7.69. The van der Waals surface area contributed by atoms with Gasteiger partial charge >= 0.3 is 0 Å². The van der Waals surface area contributed by atoms with E-state index < -0.39 is 0 Å². The highest BCUT2D eigenvalue weighted by atomic mass is 16.2. The topological polar surface area (TPSA) is 70.5 Å². The second kappa shape index (κ2) is 9.07. The van der Waals surface area contributed by atoms with Gasteiger partial charge in [0.1, 0.15) is 0 Å². The minimum Gasteiger partial charge on any atom is -0.349 e. The second-order valence-electron chi connectivity index (χ2n) is 8.56. The molecule has 0 atom stereocenters. The third-order valence-corrected chi connectivity index (χ3v) is 6.36. The first kappa shape index (κ1) is 19.4. The summed E-state index contributed by atoms with van der Waals surface area (Å²) in [7, 11) is 0. The second-order valence-corrected chi connectivity index (χ2v) is 8.56. The van der Waals surface area contributed by atoms with Crippen molar-refractivity contribution in [3.05, 3.63) is 17.5 Å². The number of aromatic nitrogens is 2. The first-order chi connectivity index (χ1) is 13.7. The van der Waals surface area contributed by atoms with Gasteiger partial charge in [0.15, 0.2) is 0 Å². The fourth-order valence-electron chi connectivity index (χ4n) is 4.45. The molecule has 28 heavy (non-hydrogen) atoms. The SMILES string of the molecule is O=C(CN1CCCCCC1)NCc1cc2n(n1)CCCN(C(=O)C1CCC1)C2. The molecule has 1 aliphatic carbocycles. The fourth-order valence-corrected chi connectivity index (χ4v) is 4.45. The number of carbonyl (C=O) groups excluding carboxylic acids is 2. The van der Waals surface area contributed by atoms with Gasteiger partial charge in [0.2, 0.25) is 11.8 Å². The molecule has 0 unspecified atom stereocenters. The van der Waals surface area contributed by atoms with Crippen molar-refractivity contribution in [1.29, 1.82) is 0 Å². The molecule has 3 aliphatic rings. The van der Waals surface area contributed by atoms with Gasteiger partial charge in [-0.05, 0) is 51.3 Å². The van der Waals surface area contributed by atoms with Crippen LogP contribution in [0.5, 0.6) is 0 Å². The molecule has 2 fully saturated rings. The van der Waals surface area contributed by atoms with Gasteiger partial charge < -0.3 is 10.2 Å². The van der Waals surface area contributed by atoms with E-state index in [4.69, 9.17) is 0 Å². The molecule has 1 aromatic heterocycles. The van der Waals surface area contributed by atoms with Crippen molar-refractivity contribution < 1.29 is 9.59 Å². The minimum absolute atomic E-state index is 0.0758. The number of carbonyl (C=O) groups is 2. The number of rotatable bonds is 5. The molecule has 1 saturated heterocycles. The lowest BCUT2D eigenvalue weighted by Crippen LogP contribution is -2.38. The van der Waals surface area contributed by atoms with Gasteiger partial charge in [0.05, 0.1) is 31.0 Å². The van der Waals surface area contributed by atoms with Crippen LogP contribution < -0.4 is 5.32 Å². The summed E-state index contributed by atoms with van der Waals surface area (Å²) in [5.41, 5.74) is 1.97. The van der Waals surface area contributed by atoms with E-state index in [1.54, 1.807) is 0 Å². The van der Waals surface area contributed by atoms with E-state index in [1.165, 1.54) is 32.1 Å². The molecule has 0 spiro atoms. The number of aryl methyl sites for hydroxylation is 1. The lowest BCUT2D eigenvalue weighted by Gasteiger charge is -2.30. The summed E-state index contributed by atoms with van der Waals surface area (Å²) >= 11 is 0. The van der Waals surface area contributed by atoms with Crippen LogP contribution in [0.15, 0.2) is 6.07 Å². The summed E-state index contributed by atoms with van der Waals surface area (Å²) in [6, 6.07) is 2.05. The molecule has 1 saturated carbocycles. The Morgan fingerprint density at radius 2 is 1.79 bits per heavy atom. The maximum absolute atomic E-state index is 12.6. The first-order valence-corrected chi connectivity index (χ1v) is 11.0. The van der Waals surface area contributed by atoms with Gasteiger partial charge in [-0.15, -0.1) is 0 Å². The van der Waals surface area contributed by atoms with Gasteiger partial charge in [-0.3, -0.25) is 19.2 Å². The highest BCUT2D eigenvalue weighted by molar-refractivity contribution is 5.79. The van der Waals surface area contributed by atoms with Crippen LogP contribution in [0.4, 0.5) is 0 Å². The zero-order chi connectivity index (χ0) is 19.3. The van der Waals surface area contributed by atoms with Gasteiger partial charge in [-0.25, -0.2) is 0 Å². The predicted molar refractivity (Wildman–Crippen MR) is 106 cm³/mol. The maximum atomic E-state index is 12.6. The van der Waals surface area contributed by atoms with E-state index in [2.05, 4.69) is 21.4 Å². The van der Waals surface area contributed by atoms with Crippen LogP contribution in [0.2, 0.25) is 0 Å². The molecule has 0 radical (unpaired) electrons. The van der Waals surface area contributed by atoms with Crippen molar-refractivity contribution in [2.24, 2.45) is 5.92 Å². The lowest BCUT2D eigenvalue weighted by molar-refractivity contribution is -0.138. The Morgan fingerprint density at radius 3 is 2.50 bits per heavy atom. The van der Waals surface area contributed by atoms with Gasteiger partial charge in [-0.2, -0.15) is 5.10 Å². The number of nitrogens with zero attached hydrogens (tertiary/aromatic N) is 4. The van der Waals surface area contributed by atoms with Crippen molar-refractivity contribution in [3.8, 4) is 0 Å². The quantitative estimate of drug-likeness (QED) is 0.838. The van der Waals surface area contributed by atoms with Crippen LogP contribution in [0.25, 0.3) is 0 Å². The monoisotopic (exact) mass is 387 g/mol. The van der Waals surface area contributed by atoms with E-state index in [0.717, 1.165) is 56.8 Å². The summed E-state index contributed by atoms with van der Waals surface area (Å²) in [6.45, 7) is 5.30. The Hall–Kier alpha value is -1.89. The van der Waals surface area contributed by atoms with Crippen molar-refractivity contribution in [2.75, 3.05) is 26.2 Å². The van der Waals surface area contributed by atoms with Crippen LogP contribution in [0.3, 0.4) is 0 Å². The van der Waals surface area contributed by atoms with Gasteiger partial charge in [-0.1, -0.05) is 19.3 Å². The number of nitrogens with one attached hydrogen (secondary N) is 1. The third-order valence-electron chi connectivity index (χ3n) is 6.36. The van der Waals surface area contributed by atoms with E-state index in [-0.39, 0.29) is 11.8 Å². The zero-order valence-electron chi connectivity index (χ0n) is 16.9. The molecule has 1 N–H and O–H groups in total. The van der Waals surface area contributed by atoms with Crippen LogP contribution in [-0.4, -0.2) is 57.6 Å². The lowest BCUT2D eigenvalue weighted by atomic mass is 9.84. The third kappa shape index (κ3) is 4.74. The minimum atomic E-state index is 0.0758. The Bertz CT molecular complexity index is 689. The highest BCUT2D eigenvalue weighted by Crippen LogP contribution is 2.29. The first-order valence-electron chi connectivity index (χ1n) is 11.0. The standard InChI is InChI=1S/C21H33N5O2/c27-20(16-24-9-3-1-2-4-10-24)22-14-18-13-19-15-25(11-6-12-26(19)23-18)21(28)17-7-5-8-17/h13,17H,1-12,14-16H2,(H,22,27). The number of likely N-dealkylation sites (tertiary alicyclic amines) is 1. The largest absolute Gasteiger partial charge is 0.349 e. The molecule has 7 heteroatoms. The zero-order valence-corrected chi connectivity index (χ0v) is 16.9. The molecular weight excluding hydrogens is 354 g/mol. The van der Waals surface area contributed by atoms with Crippen LogP contribution >= 0.6 is 0 Å². The van der Waals surface area contributed by atoms with Gasteiger partial charge in [0.25, 0.3) is 0 Å². The Labute approximate surface area is 167 Å². The van der Waals surface area contributed by atoms with Crippen molar-refractivity contribution in [3.63, 3.8) is 0 Å². The molecule has 2 amide bonds. The molecule has 0 aromatic carbocycles. The Morgan fingerprint density at radius 1 is 1.00 bits per heavy atom. The Kier molecular flexibility index (Phi) is 6.29. The summed E-state index contributed by atoms with van der Waals surface area (Å²) in [6.07, 6.45) is 9.15. The van der Waals surface area contributed by atoms with Crippen molar-refractivity contribution >= 4 is 11.8 Å². The normalized spacial score (nSPS) is 21.4. The number of amides is 2. The fraction of sp³-hybridized carbons (Fsp3) is 0.762. The number of fused-ring (bicyclic) bond motifs is 1. The molecule has 154 valence electrons. The average molecular weight is 388 g/mol.